The van der Waals surface area contributed by atoms with Crippen LogP contribution in [0.3, 0.4) is 0 Å². The Bertz CT molecular complexity index is 948. The Kier molecular flexibility index (Phi) is 5.74. The van der Waals surface area contributed by atoms with E-state index in [-0.39, 0.29) is 24.8 Å². The van der Waals surface area contributed by atoms with Crippen molar-refractivity contribution in [2.75, 3.05) is 13.2 Å². The van der Waals surface area contributed by atoms with Crippen LogP contribution in [0.25, 0.3) is 0 Å². The second kappa shape index (κ2) is 8.77. The summed E-state index contributed by atoms with van der Waals surface area (Å²) in [5.74, 6) is 0.468. The zero-order chi connectivity index (χ0) is 20.1. The lowest BCUT2D eigenvalue weighted by Gasteiger charge is -2.37. The molecule has 148 valence electrons. The monoisotopic (exact) mass is 391 g/mol. The number of ether oxygens (including phenoxy) is 2. The Morgan fingerprint density at radius 2 is 1.62 bits per heavy atom. The third-order valence-electron chi connectivity index (χ3n) is 4.53. The molecular formula is C23H21NO5. The number of carbonyl (C=O) groups is 1. The normalized spacial score (nSPS) is 19.0. The van der Waals surface area contributed by atoms with Gasteiger partial charge in [-0.25, -0.2) is 9.90 Å². The topological polar surface area (TPSA) is 68.2 Å². The van der Waals surface area contributed by atoms with Gasteiger partial charge in [0.25, 0.3) is 5.91 Å². The van der Waals surface area contributed by atoms with Crippen LogP contribution in [0.4, 0.5) is 0 Å². The number of hydroxylamine groups is 2. The molecule has 3 aromatic carbocycles. The largest absolute Gasteiger partial charge is 0.507 e. The van der Waals surface area contributed by atoms with Crippen molar-refractivity contribution in [2.45, 2.75) is 12.4 Å². The van der Waals surface area contributed by atoms with Gasteiger partial charge in [0, 0.05) is 5.56 Å². The highest BCUT2D eigenvalue weighted by atomic mass is 16.8. The molecule has 6 heteroatoms. The minimum absolute atomic E-state index is 0.0363. The van der Waals surface area contributed by atoms with E-state index in [4.69, 9.17) is 14.3 Å². The molecule has 4 rings (SSSR count). The Hall–Kier alpha value is -3.35. The van der Waals surface area contributed by atoms with Gasteiger partial charge in [0.15, 0.2) is 0 Å². The van der Waals surface area contributed by atoms with Crippen LogP contribution < -0.4 is 4.74 Å². The first-order valence-electron chi connectivity index (χ1n) is 9.35. The van der Waals surface area contributed by atoms with Crippen LogP contribution >= 0.6 is 0 Å². The number of phenolic OH excluding ortho intramolecular Hbond substituents is 1. The van der Waals surface area contributed by atoms with Crippen LogP contribution in [0.5, 0.6) is 11.5 Å². The van der Waals surface area contributed by atoms with Crippen LogP contribution in [0.15, 0.2) is 84.9 Å². The van der Waals surface area contributed by atoms with Gasteiger partial charge in [0.05, 0.1) is 12.1 Å². The average Bonchev–Trinajstić information content (AvgIpc) is 2.78. The number of benzene rings is 3. The molecule has 0 bridgehead atoms. The van der Waals surface area contributed by atoms with E-state index in [1.165, 1.54) is 5.06 Å². The lowest BCUT2D eigenvalue weighted by atomic mass is 10.1. The molecule has 1 N–H and O–H groups in total. The van der Waals surface area contributed by atoms with E-state index < -0.39 is 12.4 Å². The number of amides is 1. The van der Waals surface area contributed by atoms with Crippen molar-refractivity contribution in [1.82, 2.24) is 5.06 Å². The molecule has 0 aromatic heterocycles. The standard InChI is InChI=1S/C23H21NO5/c25-21-14-8-7-13-20(21)23-28-19(16-27-18-11-5-2-6-12-18)15-24(29-23)22(26)17-9-3-1-4-10-17/h1-14,19,23,25H,15-16H2/t19-,23-/m0/s1. The fraction of sp³-hybridized carbons (Fsp3) is 0.174. The van der Waals surface area contributed by atoms with Crippen LogP contribution in [0, 0.1) is 0 Å². The van der Waals surface area contributed by atoms with E-state index in [9.17, 15) is 9.90 Å². The van der Waals surface area contributed by atoms with Gasteiger partial charge in [0.1, 0.15) is 24.2 Å². The Labute approximate surface area is 168 Å². The highest BCUT2D eigenvalue weighted by molar-refractivity contribution is 5.93. The molecule has 1 amide bonds. The van der Waals surface area contributed by atoms with Crippen molar-refractivity contribution in [3.8, 4) is 11.5 Å². The number of hydrogen-bond donors (Lipinski definition) is 1. The lowest BCUT2D eigenvalue weighted by molar-refractivity contribution is -0.326. The number of para-hydroxylation sites is 2. The van der Waals surface area contributed by atoms with Crippen molar-refractivity contribution in [2.24, 2.45) is 0 Å². The first kappa shape index (κ1) is 19.0. The van der Waals surface area contributed by atoms with Crippen LogP contribution in [-0.2, 0) is 9.57 Å². The van der Waals surface area contributed by atoms with E-state index in [0.29, 0.717) is 16.9 Å². The van der Waals surface area contributed by atoms with Gasteiger partial charge in [-0.2, -0.15) is 0 Å². The molecule has 3 aromatic rings. The SMILES string of the molecule is O=C(c1ccccc1)N1C[C@@H](COc2ccccc2)O[C@H](c2ccccc2O)O1. The summed E-state index contributed by atoms with van der Waals surface area (Å²) in [5.41, 5.74) is 0.955. The second-order valence-electron chi connectivity index (χ2n) is 6.61. The predicted octanol–water partition coefficient (Wildman–Crippen LogP) is 3.94. The van der Waals surface area contributed by atoms with Crippen LogP contribution in [-0.4, -0.2) is 35.3 Å². The summed E-state index contributed by atoms with van der Waals surface area (Å²) >= 11 is 0. The molecule has 2 atom stereocenters. The zero-order valence-corrected chi connectivity index (χ0v) is 15.7. The molecule has 1 aliphatic rings. The van der Waals surface area contributed by atoms with E-state index in [1.807, 2.05) is 36.4 Å². The van der Waals surface area contributed by atoms with Gasteiger partial charge in [-0.05, 0) is 30.3 Å². The smallest absolute Gasteiger partial charge is 0.277 e. The third-order valence-corrected chi connectivity index (χ3v) is 4.53. The highest BCUT2D eigenvalue weighted by Gasteiger charge is 2.34. The Morgan fingerprint density at radius 1 is 0.966 bits per heavy atom. The van der Waals surface area contributed by atoms with Gasteiger partial charge >= 0.3 is 0 Å². The summed E-state index contributed by atoms with van der Waals surface area (Å²) in [6.45, 7) is 0.431. The molecule has 29 heavy (non-hydrogen) atoms. The first-order valence-corrected chi connectivity index (χ1v) is 9.35. The summed E-state index contributed by atoms with van der Waals surface area (Å²) in [6.07, 6.45) is -1.37. The van der Waals surface area contributed by atoms with Crippen molar-refractivity contribution >= 4 is 5.91 Å². The maximum Gasteiger partial charge on any atom is 0.277 e. The quantitative estimate of drug-likeness (QED) is 0.713. The number of hydrogen-bond acceptors (Lipinski definition) is 5. The highest BCUT2D eigenvalue weighted by Crippen LogP contribution is 2.33. The molecular weight excluding hydrogens is 370 g/mol. The molecule has 1 aliphatic heterocycles. The van der Waals surface area contributed by atoms with Crippen LogP contribution in [0.2, 0.25) is 0 Å². The molecule has 0 unspecified atom stereocenters. The minimum atomic E-state index is -0.929. The second-order valence-corrected chi connectivity index (χ2v) is 6.61. The van der Waals surface area contributed by atoms with Gasteiger partial charge in [-0.1, -0.05) is 54.6 Å². The summed E-state index contributed by atoms with van der Waals surface area (Å²) in [7, 11) is 0. The molecule has 1 fully saturated rings. The average molecular weight is 391 g/mol. The predicted molar refractivity (Wildman–Crippen MR) is 106 cm³/mol. The van der Waals surface area contributed by atoms with Gasteiger partial charge in [-0.15, -0.1) is 0 Å². The molecule has 1 heterocycles. The van der Waals surface area contributed by atoms with E-state index in [0.717, 1.165) is 0 Å². The Morgan fingerprint density at radius 3 is 2.34 bits per heavy atom. The minimum Gasteiger partial charge on any atom is -0.507 e. The lowest BCUT2D eigenvalue weighted by Crippen LogP contribution is -2.47. The number of phenols is 1. The maximum absolute atomic E-state index is 12.9. The van der Waals surface area contributed by atoms with E-state index >= 15 is 0 Å². The molecule has 0 radical (unpaired) electrons. The van der Waals surface area contributed by atoms with E-state index in [2.05, 4.69) is 0 Å². The number of carbonyl (C=O) groups excluding carboxylic acids is 1. The number of nitrogens with zero attached hydrogens (tertiary/aromatic N) is 1. The zero-order valence-electron chi connectivity index (χ0n) is 15.7. The van der Waals surface area contributed by atoms with Crippen molar-refractivity contribution < 1.29 is 24.2 Å². The fourth-order valence-electron chi connectivity index (χ4n) is 3.06. The molecule has 6 nitrogen and oxygen atoms in total. The van der Waals surface area contributed by atoms with Gasteiger partial charge in [-0.3, -0.25) is 4.79 Å². The van der Waals surface area contributed by atoms with E-state index in [1.54, 1.807) is 48.5 Å². The molecule has 0 saturated carbocycles. The third kappa shape index (κ3) is 4.56. The number of rotatable bonds is 5. The molecule has 0 aliphatic carbocycles. The number of aromatic hydroxyl groups is 1. The summed E-state index contributed by atoms with van der Waals surface area (Å²) in [5, 5.41) is 11.5. The van der Waals surface area contributed by atoms with Crippen LogP contribution in [0.1, 0.15) is 22.2 Å². The van der Waals surface area contributed by atoms with Gasteiger partial charge in [0.2, 0.25) is 6.29 Å². The summed E-state index contributed by atoms with van der Waals surface area (Å²) in [4.78, 5) is 18.7. The Balaban J connectivity index is 1.54. The van der Waals surface area contributed by atoms with Crippen molar-refractivity contribution in [1.29, 1.82) is 0 Å². The fourth-order valence-corrected chi connectivity index (χ4v) is 3.06. The summed E-state index contributed by atoms with van der Waals surface area (Å²) < 4.78 is 11.8. The van der Waals surface area contributed by atoms with Crippen molar-refractivity contribution in [3.05, 3.63) is 96.1 Å². The molecule has 1 saturated heterocycles. The van der Waals surface area contributed by atoms with Crippen molar-refractivity contribution in [3.63, 3.8) is 0 Å². The maximum atomic E-state index is 12.9. The molecule has 0 spiro atoms. The van der Waals surface area contributed by atoms with Gasteiger partial charge < -0.3 is 14.6 Å². The first-order chi connectivity index (χ1) is 14.2. The summed E-state index contributed by atoms with van der Waals surface area (Å²) in [6, 6.07) is 25.0.